The van der Waals surface area contributed by atoms with E-state index < -0.39 is 24.0 Å². The van der Waals surface area contributed by atoms with Crippen molar-refractivity contribution in [1.82, 2.24) is 5.32 Å². The van der Waals surface area contributed by atoms with E-state index in [2.05, 4.69) is 5.32 Å². The lowest BCUT2D eigenvalue weighted by Crippen LogP contribution is -2.50. The number of nitrogens with one attached hydrogen (secondary N) is 1. The number of methoxy groups -OCH3 is 1. The number of nitrogens with two attached hydrogens (primary N) is 1. The summed E-state index contributed by atoms with van der Waals surface area (Å²) < 4.78 is 4.99. The Morgan fingerprint density at radius 2 is 1.61 bits per heavy atom. The largest absolute Gasteiger partial charge is 0.504 e. The number of ether oxygens (including phenoxy) is 1. The summed E-state index contributed by atoms with van der Waals surface area (Å²) in [5.74, 6) is -2.44. The van der Waals surface area contributed by atoms with Crippen molar-refractivity contribution in [3.63, 3.8) is 0 Å². The van der Waals surface area contributed by atoms with Crippen molar-refractivity contribution < 1.29 is 34.8 Å². The van der Waals surface area contributed by atoms with Crippen molar-refractivity contribution in [2.75, 3.05) is 7.11 Å². The first-order valence-corrected chi connectivity index (χ1v) is 8.36. The second-order valence-electron chi connectivity index (χ2n) is 6.24. The number of phenolic OH excluding ortho intramolecular Hbond substituents is 3. The number of amides is 1. The first-order valence-electron chi connectivity index (χ1n) is 8.36. The number of phenols is 3. The van der Waals surface area contributed by atoms with Crippen LogP contribution in [0.15, 0.2) is 36.4 Å². The average Bonchev–Trinajstić information content (AvgIpc) is 2.65. The minimum Gasteiger partial charge on any atom is -0.504 e. The summed E-state index contributed by atoms with van der Waals surface area (Å²) >= 11 is 0. The molecule has 0 heterocycles. The van der Waals surface area contributed by atoms with E-state index in [9.17, 15) is 30.0 Å². The molecule has 2 aromatic carbocycles. The lowest BCUT2D eigenvalue weighted by atomic mass is 10.0. The van der Waals surface area contributed by atoms with Crippen molar-refractivity contribution in [2.24, 2.45) is 5.73 Å². The number of aliphatic carboxylic acids is 1. The van der Waals surface area contributed by atoms with Gasteiger partial charge in [0.25, 0.3) is 0 Å². The molecule has 28 heavy (non-hydrogen) atoms. The topological polar surface area (TPSA) is 162 Å². The van der Waals surface area contributed by atoms with Crippen LogP contribution in [0.25, 0.3) is 0 Å². The van der Waals surface area contributed by atoms with Crippen LogP contribution in [-0.2, 0) is 22.4 Å². The fourth-order valence-electron chi connectivity index (χ4n) is 2.61. The molecule has 7 N–H and O–H groups in total. The molecule has 0 aromatic heterocycles. The molecule has 150 valence electrons. The van der Waals surface area contributed by atoms with Crippen molar-refractivity contribution in [3.8, 4) is 23.0 Å². The van der Waals surface area contributed by atoms with Gasteiger partial charge in [0.1, 0.15) is 6.04 Å². The number of benzene rings is 2. The molecule has 0 aliphatic rings. The molecule has 2 rings (SSSR count). The van der Waals surface area contributed by atoms with Gasteiger partial charge in [0.05, 0.1) is 13.2 Å². The number of carboxylic acids is 1. The van der Waals surface area contributed by atoms with E-state index in [1.807, 2.05) is 0 Å². The molecule has 0 bridgehead atoms. The van der Waals surface area contributed by atoms with E-state index in [0.29, 0.717) is 11.1 Å². The molecule has 9 heteroatoms. The summed E-state index contributed by atoms with van der Waals surface area (Å²) in [5, 5.41) is 40.2. The van der Waals surface area contributed by atoms with Crippen LogP contribution >= 0.6 is 0 Å². The molecular formula is C19H22N2O7. The smallest absolute Gasteiger partial charge is 0.326 e. The number of carbonyl (C=O) groups is 2. The van der Waals surface area contributed by atoms with E-state index in [1.54, 1.807) is 0 Å². The summed E-state index contributed by atoms with van der Waals surface area (Å²) in [6.07, 6.45) is 0.00345. The Morgan fingerprint density at radius 1 is 1.00 bits per heavy atom. The number of hydrogen-bond acceptors (Lipinski definition) is 7. The predicted octanol–water partition coefficient (Wildman–Crippen LogP) is 0.494. The van der Waals surface area contributed by atoms with Gasteiger partial charge in [0.2, 0.25) is 5.91 Å². The molecular weight excluding hydrogens is 368 g/mol. The van der Waals surface area contributed by atoms with Gasteiger partial charge >= 0.3 is 5.97 Å². The molecule has 2 atom stereocenters. The van der Waals surface area contributed by atoms with E-state index in [4.69, 9.17) is 10.5 Å². The normalized spacial score (nSPS) is 12.8. The van der Waals surface area contributed by atoms with Gasteiger partial charge in [0.15, 0.2) is 23.0 Å². The van der Waals surface area contributed by atoms with Crippen molar-refractivity contribution in [3.05, 3.63) is 47.5 Å². The van der Waals surface area contributed by atoms with Gasteiger partial charge < -0.3 is 36.2 Å². The summed E-state index contributed by atoms with van der Waals surface area (Å²) in [6, 6.07) is 6.14. The van der Waals surface area contributed by atoms with Crippen molar-refractivity contribution >= 4 is 11.9 Å². The third kappa shape index (κ3) is 5.27. The quantitative estimate of drug-likeness (QED) is 0.355. The van der Waals surface area contributed by atoms with Gasteiger partial charge in [-0.25, -0.2) is 4.79 Å². The molecule has 9 nitrogen and oxygen atoms in total. The number of aromatic hydroxyl groups is 3. The van der Waals surface area contributed by atoms with Crippen LogP contribution in [0, 0.1) is 0 Å². The number of carboxylic acid groups (broad SMARTS) is 1. The summed E-state index contributed by atoms with van der Waals surface area (Å²) in [6.45, 7) is 0. The second kappa shape index (κ2) is 8.96. The van der Waals surface area contributed by atoms with Gasteiger partial charge in [-0.1, -0.05) is 12.1 Å². The summed E-state index contributed by atoms with van der Waals surface area (Å²) in [4.78, 5) is 23.8. The highest BCUT2D eigenvalue weighted by Crippen LogP contribution is 2.27. The van der Waals surface area contributed by atoms with Crippen molar-refractivity contribution in [2.45, 2.75) is 24.9 Å². The Bertz CT molecular complexity index is 869. The maximum Gasteiger partial charge on any atom is 0.326 e. The van der Waals surface area contributed by atoms with Crippen LogP contribution in [0.2, 0.25) is 0 Å². The first kappa shape index (κ1) is 20.8. The van der Waals surface area contributed by atoms with Gasteiger partial charge in [-0.3, -0.25) is 4.79 Å². The highest BCUT2D eigenvalue weighted by atomic mass is 16.5. The maximum atomic E-state index is 12.3. The SMILES string of the molecule is COc1cc(C[C@H](NC(=O)[C@@H](N)Cc2ccc(O)c(O)c2)C(=O)O)ccc1O. The minimum atomic E-state index is -1.24. The summed E-state index contributed by atoms with van der Waals surface area (Å²) in [5.41, 5.74) is 6.89. The average molecular weight is 390 g/mol. The van der Waals surface area contributed by atoms with Gasteiger partial charge in [0, 0.05) is 6.42 Å². The molecule has 0 fully saturated rings. The molecule has 0 saturated heterocycles. The zero-order valence-corrected chi connectivity index (χ0v) is 15.1. The van der Waals surface area contributed by atoms with Gasteiger partial charge in [-0.05, 0) is 41.8 Å². The lowest BCUT2D eigenvalue weighted by molar-refractivity contribution is -0.141. The van der Waals surface area contributed by atoms with Crippen molar-refractivity contribution in [1.29, 1.82) is 0 Å². The molecule has 1 amide bonds. The Labute approximate surface area is 161 Å². The minimum absolute atomic E-state index is 0.0373. The molecule has 2 aromatic rings. The van der Waals surface area contributed by atoms with Gasteiger partial charge in [-0.15, -0.1) is 0 Å². The van der Waals surface area contributed by atoms with E-state index in [0.717, 1.165) is 0 Å². The molecule has 0 aliphatic heterocycles. The molecule has 0 unspecified atom stereocenters. The number of rotatable bonds is 8. The Morgan fingerprint density at radius 3 is 2.18 bits per heavy atom. The second-order valence-corrected chi connectivity index (χ2v) is 6.24. The van der Waals surface area contributed by atoms with Gasteiger partial charge in [-0.2, -0.15) is 0 Å². The zero-order chi connectivity index (χ0) is 20.8. The molecule has 0 spiro atoms. The monoisotopic (exact) mass is 390 g/mol. The van der Waals surface area contributed by atoms with Crippen LogP contribution in [0.5, 0.6) is 23.0 Å². The highest BCUT2D eigenvalue weighted by molar-refractivity contribution is 5.87. The Kier molecular flexibility index (Phi) is 6.67. The lowest BCUT2D eigenvalue weighted by Gasteiger charge is -2.18. The van der Waals surface area contributed by atoms with Crippen LogP contribution in [0.4, 0.5) is 0 Å². The van der Waals surface area contributed by atoms with E-state index >= 15 is 0 Å². The molecule has 0 radical (unpaired) electrons. The first-order chi connectivity index (χ1) is 13.2. The maximum absolute atomic E-state index is 12.3. The number of hydrogen-bond donors (Lipinski definition) is 6. The zero-order valence-electron chi connectivity index (χ0n) is 15.1. The third-order valence-electron chi connectivity index (χ3n) is 4.13. The standard InChI is InChI=1S/C19H22N2O7/c1-28-17-9-11(3-5-15(17)23)7-13(19(26)27)21-18(25)12(20)6-10-2-4-14(22)16(24)8-10/h2-5,8-9,12-13,22-24H,6-7,20H2,1H3,(H,21,25)(H,26,27)/t12-,13-/m0/s1. The number of carbonyl (C=O) groups excluding carboxylic acids is 1. The van der Waals surface area contributed by atoms with Crippen LogP contribution in [-0.4, -0.2) is 51.5 Å². The summed E-state index contributed by atoms with van der Waals surface area (Å²) in [7, 11) is 1.37. The van der Waals surface area contributed by atoms with E-state index in [-0.39, 0.29) is 35.8 Å². The fourth-order valence-corrected chi connectivity index (χ4v) is 2.61. The molecule has 0 saturated carbocycles. The third-order valence-corrected chi connectivity index (χ3v) is 4.13. The van der Waals surface area contributed by atoms with Crippen LogP contribution in [0.1, 0.15) is 11.1 Å². The Balaban J connectivity index is 2.05. The highest BCUT2D eigenvalue weighted by Gasteiger charge is 2.24. The van der Waals surface area contributed by atoms with Crippen LogP contribution < -0.4 is 15.8 Å². The fraction of sp³-hybridized carbons (Fsp3) is 0.263. The molecule has 0 aliphatic carbocycles. The Hall–Kier alpha value is -3.46. The predicted molar refractivity (Wildman–Crippen MR) is 99.4 cm³/mol. The van der Waals surface area contributed by atoms with Crippen LogP contribution in [0.3, 0.4) is 0 Å². The van der Waals surface area contributed by atoms with E-state index in [1.165, 1.54) is 43.5 Å².